The lowest BCUT2D eigenvalue weighted by molar-refractivity contribution is 0.242. The van der Waals surface area contributed by atoms with Gasteiger partial charge < -0.3 is 4.52 Å². The van der Waals surface area contributed by atoms with Crippen LogP contribution in [0.4, 0.5) is 0 Å². The van der Waals surface area contributed by atoms with Crippen LogP contribution in [0.5, 0.6) is 0 Å². The van der Waals surface area contributed by atoms with Gasteiger partial charge in [0, 0.05) is 13.0 Å². The smallest absolute Gasteiger partial charge is 0.223 e. The molecule has 4 heteroatoms. The van der Waals surface area contributed by atoms with Gasteiger partial charge in [0.15, 0.2) is 5.82 Å². The Morgan fingerprint density at radius 2 is 2.00 bits per heavy atom. The third-order valence-corrected chi connectivity index (χ3v) is 3.51. The molecule has 0 spiro atoms. The maximum absolute atomic E-state index is 5.01. The first-order valence-corrected chi connectivity index (χ1v) is 6.54. The second-order valence-electron chi connectivity index (χ2n) is 5.18. The highest BCUT2D eigenvalue weighted by Gasteiger charge is 2.16. The number of nitrogens with zero attached hydrogens (tertiary/aromatic N) is 3. The Bertz CT molecular complexity index is 562. The Labute approximate surface area is 114 Å². The summed E-state index contributed by atoms with van der Waals surface area (Å²) in [6, 6.07) is 6.89. The molecule has 0 aliphatic rings. The molecule has 2 aromatic rings. The average molecular weight is 259 g/mol. The number of benzene rings is 1. The van der Waals surface area contributed by atoms with Crippen LogP contribution in [0.15, 0.2) is 22.7 Å². The number of hydrogen-bond donors (Lipinski definition) is 0. The lowest BCUT2D eigenvalue weighted by atomic mass is 9.99. The van der Waals surface area contributed by atoms with E-state index in [1.807, 2.05) is 6.92 Å². The van der Waals surface area contributed by atoms with E-state index in [-0.39, 0.29) is 0 Å². The average Bonchev–Trinajstić information content (AvgIpc) is 2.77. The molecule has 0 aliphatic heterocycles. The van der Waals surface area contributed by atoms with Crippen LogP contribution in [0.25, 0.3) is 0 Å². The monoisotopic (exact) mass is 259 g/mol. The van der Waals surface area contributed by atoms with Crippen LogP contribution in [0.3, 0.4) is 0 Å². The van der Waals surface area contributed by atoms with Crippen LogP contribution < -0.4 is 0 Å². The van der Waals surface area contributed by atoms with Gasteiger partial charge in [0.1, 0.15) is 0 Å². The second-order valence-corrected chi connectivity index (χ2v) is 5.18. The standard InChI is InChI=1S/C15H21N3O/c1-10-6-7-11(2)14(8-10)12(3)18(5)9-15-16-13(4)19-17-15/h6-8,12H,9H2,1-5H3/t12-/m1/s1. The molecule has 0 saturated carbocycles. The Balaban J connectivity index is 2.14. The van der Waals surface area contributed by atoms with Crippen molar-refractivity contribution in [2.24, 2.45) is 0 Å². The lowest BCUT2D eigenvalue weighted by Gasteiger charge is -2.25. The zero-order valence-corrected chi connectivity index (χ0v) is 12.3. The van der Waals surface area contributed by atoms with Gasteiger partial charge in [-0.15, -0.1) is 0 Å². The fraction of sp³-hybridized carbons (Fsp3) is 0.467. The summed E-state index contributed by atoms with van der Waals surface area (Å²) in [4.78, 5) is 6.48. The zero-order valence-electron chi connectivity index (χ0n) is 12.3. The molecule has 0 unspecified atom stereocenters. The highest BCUT2D eigenvalue weighted by Crippen LogP contribution is 2.24. The molecular weight excluding hydrogens is 238 g/mol. The largest absolute Gasteiger partial charge is 0.340 e. The summed E-state index contributed by atoms with van der Waals surface area (Å²) in [7, 11) is 2.08. The maximum Gasteiger partial charge on any atom is 0.223 e. The van der Waals surface area contributed by atoms with Gasteiger partial charge in [0.25, 0.3) is 0 Å². The van der Waals surface area contributed by atoms with Crippen molar-refractivity contribution in [3.8, 4) is 0 Å². The topological polar surface area (TPSA) is 42.2 Å². The summed E-state index contributed by atoms with van der Waals surface area (Å²) in [6.07, 6.45) is 0. The van der Waals surface area contributed by atoms with Crippen LogP contribution in [0, 0.1) is 20.8 Å². The van der Waals surface area contributed by atoms with Gasteiger partial charge in [0.05, 0.1) is 6.54 Å². The minimum Gasteiger partial charge on any atom is -0.340 e. The molecule has 1 atom stereocenters. The summed E-state index contributed by atoms with van der Waals surface area (Å²) in [6.45, 7) is 8.97. The third-order valence-electron chi connectivity index (χ3n) is 3.51. The summed E-state index contributed by atoms with van der Waals surface area (Å²) in [5, 5.41) is 3.94. The third kappa shape index (κ3) is 3.20. The normalized spacial score (nSPS) is 12.9. The summed E-state index contributed by atoms with van der Waals surface area (Å²) in [5.74, 6) is 1.35. The summed E-state index contributed by atoms with van der Waals surface area (Å²) >= 11 is 0. The number of hydrogen-bond acceptors (Lipinski definition) is 4. The molecule has 1 heterocycles. The number of aromatic nitrogens is 2. The molecule has 1 aromatic heterocycles. The lowest BCUT2D eigenvalue weighted by Crippen LogP contribution is -2.23. The van der Waals surface area contributed by atoms with Crippen molar-refractivity contribution in [3.63, 3.8) is 0 Å². The molecule has 2 rings (SSSR count). The fourth-order valence-corrected chi connectivity index (χ4v) is 2.21. The molecule has 0 N–H and O–H groups in total. The molecule has 19 heavy (non-hydrogen) atoms. The quantitative estimate of drug-likeness (QED) is 0.845. The van der Waals surface area contributed by atoms with E-state index in [9.17, 15) is 0 Å². The SMILES string of the molecule is Cc1ccc(C)c([C@@H](C)N(C)Cc2noc(C)n2)c1. The van der Waals surface area contributed by atoms with E-state index in [1.165, 1.54) is 16.7 Å². The Hall–Kier alpha value is -1.68. The fourth-order valence-electron chi connectivity index (χ4n) is 2.21. The number of aryl methyl sites for hydroxylation is 3. The molecule has 0 aliphatic carbocycles. The molecule has 0 radical (unpaired) electrons. The van der Waals surface area contributed by atoms with Gasteiger partial charge in [-0.25, -0.2) is 0 Å². The van der Waals surface area contributed by atoms with Crippen molar-refractivity contribution < 1.29 is 4.52 Å². The van der Waals surface area contributed by atoms with E-state index in [2.05, 4.69) is 61.1 Å². The van der Waals surface area contributed by atoms with Gasteiger partial charge in [-0.05, 0) is 38.9 Å². The number of rotatable bonds is 4. The van der Waals surface area contributed by atoms with E-state index in [0.29, 0.717) is 18.5 Å². The Kier molecular flexibility index (Phi) is 4.00. The predicted molar refractivity (Wildman–Crippen MR) is 74.8 cm³/mol. The van der Waals surface area contributed by atoms with Crippen molar-refractivity contribution in [2.45, 2.75) is 40.3 Å². The van der Waals surface area contributed by atoms with E-state index in [0.717, 1.165) is 5.82 Å². The molecule has 0 amide bonds. The molecule has 0 fully saturated rings. The van der Waals surface area contributed by atoms with Crippen LogP contribution in [-0.4, -0.2) is 22.1 Å². The van der Waals surface area contributed by atoms with Crippen LogP contribution >= 0.6 is 0 Å². The predicted octanol–water partition coefficient (Wildman–Crippen LogP) is 3.19. The first-order chi connectivity index (χ1) is 8.97. The molecular formula is C15H21N3O. The Morgan fingerprint density at radius 3 is 2.63 bits per heavy atom. The maximum atomic E-state index is 5.01. The van der Waals surface area contributed by atoms with E-state index >= 15 is 0 Å². The minimum atomic E-state index is 0.318. The highest BCUT2D eigenvalue weighted by molar-refractivity contribution is 5.32. The van der Waals surface area contributed by atoms with Gasteiger partial charge in [-0.3, -0.25) is 4.90 Å². The van der Waals surface area contributed by atoms with Crippen LogP contribution in [0.1, 0.15) is 41.4 Å². The molecule has 102 valence electrons. The summed E-state index contributed by atoms with van der Waals surface area (Å²) in [5.41, 5.74) is 3.95. The first-order valence-electron chi connectivity index (χ1n) is 6.54. The van der Waals surface area contributed by atoms with Crippen LogP contribution in [-0.2, 0) is 6.54 Å². The van der Waals surface area contributed by atoms with Crippen molar-refractivity contribution in [1.82, 2.24) is 15.0 Å². The van der Waals surface area contributed by atoms with Gasteiger partial charge in [0.2, 0.25) is 5.89 Å². The molecule has 0 bridgehead atoms. The van der Waals surface area contributed by atoms with E-state index in [1.54, 1.807) is 0 Å². The van der Waals surface area contributed by atoms with Gasteiger partial charge >= 0.3 is 0 Å². The minimum absolute atomic E-state index is 0.318. The highest BCUT2D eigenvalue weighted by atomic mass is 16.5. The van der Waals surface area contributed by atoms with Crippen molar-refractivity contribution in [3.05, 3.63) is 46.6 Å². The first kappa shape index (κ1) is 13.7. The van der Waals surface area contributed by atoms with E-state index < -0.39 is 0 Å². The summed E-state index contributed by atoms with van der Waals surface area (Å²) < 4.78 is 5.01. The van der Waals surface area contributed by atoms with Crippen molar-refractivity contribution in [1.29, 1.82) is 0 Å². The zero-order chi connectivity index (χ0) is 14.0. The van der Waals surface area contributed by atoms with Crippen molar-refractivity contribution >= 4 is 0 Å². The van der Waals surface area contributed by atoms with Crippen LogP contribution in [0.2, 0.25) is 0 Å². The molecule has 0 saturated heterocycles. The van der Waals surface area contributed by atoms with E-state index in [4.69, 9.17) is 4.52 Å². The Morgan fingerprint density at radius 1 is 1.26 bits per heavy atom. The van der Waals surface area contributed by atoms with Gasteiger partial charge in [-0.1, -0.05) is 28.9 Å². The second kappa shape index (κ2) is 5.53. The molecule has 1 aromatic carbocycles. The van der Waals surface area contributed by atoms with Crippen molar-refractivity contribution in [2.75, 3.05) is 7.05 Å². The van der Waals surface area contributed by atoms with Gasteiger partial charge in [-0.2, -0.15) is 4.98 Å². The molecule has 4 nitrogen and oxygen atoms in total.